The van der Waals surface area contributed by atoms with Crippen LogP contribution in [0.5, 0.6) is 0 Å². The van der Waals surface area contributed by atoms with E-state index in [-0.39, 0.29) is 11.9 Å². The Hall–Kier alpha value is -2.29. The lowest BCUT2D eigenvalue weighted by Gasteiger charge is -2.40. The van der Waals surface area contributed by atoms with Gasteiger partial charge in [-0.2, -0.15) is 0 Å². The molecule has 0 spiro atoms. The Labute approximate surface area is 150 Å². The number of benzene rings is 2. The number of hydrogen-bond acceptors (Lipinski definition) is 2. The number of anilines is 1. The first-order chi connectivity index (χ1) is 12.1. The van der Waals surface area contributed by atoms with Crippen molar-refractivity contribution in [3.63, 3.8) is 0 Å². The van der Waals surface area contributed by atoms with Gasteiger partial charge in [-0.15, -0.1) is 0 Å². The predicted molar refractivity (Wildman–Crippen MR) is 103 cm³/mol. The molecule has 3 rings (SSSR count). The highest BCUT2D eigenvalue weighted by Gasteiger charge is 2.32. The fourth-order valence-electron chi connectivity index (χ4n) is 3.89. The lowest BCUT2D eigenvalue weighted by molar-refractivity contribution is -0.136. The molecule has 0 aromatic heterocycles. The van der Waals surface area contributed by atoms with E-state index < -0.39 is 0 Å². The van der Waals surface area contributed by atoms with Crippen LogP contribution in [0, 0.1) is 12.8 Å². The van der Waals surface area contributed by atoms with Gasteiger partial charge in [0.25, 0.3) is 0 Å². The van der Waals surface area contributed by atoms with E-state index in [2.05, 4.69) is 43.0 Å². The minimum atomic E-state index is 0.190. The van der Waals surface area contributed by atoms with Crippen LogP contribution >= 0.6 is 0 Å². The van der Waals surface area contributed by atoms with Gasteiger partial charge in [0.05, 0.1) is 6.04 Å². The van der Waals surface area contributed by atoms with Crippen molar-refractivity contribution >= 4 is 11.6 Å². The molecule has 1 aliphatic rings. The van der Waals surface area contributed by atoms with Gasteiger partial charge in [-0.05, 0) is 49.3 Å². The Morgan fingerprint density at radius 3 is 2.60 bits per heavy atom. The molecule has 25 heavy (non-hydrogen) atoms. The second-order valence-corrected chi connectivity index (χ2v) is 7.26. The molecule has 2 atom stereocenters. The summed E-state index contributed by atoms with van der Waals surface area (Å²) in [6.45, 7) is 5.21. The van der Waals surface area contributed by atoms with E-state index in [1.54, 1.807) is 0 Å². The van der Waals surface area contributed by atoms with Gasteiger partial charge >= 0.3 is 0 Å². The quantitative estimate of drug-likeness (QED) is 0.835. The summed E-state index contributed by atoms with van der Waals surface area (Å²) in [6, 6.07) is 16.7. The van der Waals surface area contributed by atoms with E-state index in [1.165, 1.54) is 17.5 Å². The molecule has 0 aliphatic carbocycles. The van der Waals surface area contributed by atoms with Gasteiger partial charge in [0, 0.05) is 18.7 Å². The number of nitrogens with zero attached hydrogens (tertiary/aromatic N) is 1. The van der Waals surface area contributed by atoms with E-state index in [9.17, 15) is 4.79 Å². The van der Waals surface area contributed by atoms with Crippen LogP contribution in [0.2, 0.25) is 0 Å². The highest BCUT2D eigenvalue weighted by Crippen LogP contribution is 2.36. The van der Waals surface area contributed by atoms with Crippen LogP contribution in [-0.4, -0.2) is 17.4 Å². The summed E-state index contributed by atoms with van der Waals surface area (Å²) in [5.74, 6) is 0.725. The van der Waals surface area contributed by atoms with Crippen molar-refractivity contribution < 1.29 is 4.79 Å². The number of para-hydroxylation sites is 1. The summed E-state index contributed by atoms with van der Waals surface area (Å²) in [6.07, 6.45) is 3.48. The molecule has 0 radical (unpaired) electrons. The van der Waals surface area contributed by atoms with Gasteiger partial charge in [0.2, 0.25) is 5.91 Å². The summed E-state index contributed by atoms with van der Waals surface area (Å²) in [4.78, 5) is 15.1. The van der Waals surface area contributed by atoms with Crippen molar-refractivity contribution in [1.29, 1.82) is 0 Å². The Morgan fingerprint density at radius 1 is 1.16 bits per heavy atom. The Bertz CT molecular complexity index is 723. The topological polar surface area (TPSA) is 46.3 Å². The summed E-state index contributed by atoms with van der Waals surface area (Å²) in [5.41, 5.74) is 10.4. The van der Waals surface area contributed by atoms with Crippen LogP contribution < -0.4 is 5.73 Å². The minimum Gasteiger partial charge on any atom is -0.399 e. The third kappa shape index (κ3) is 4.04. The van der Waals surface area contributed by atoms with Gasteiger partial charge in [-0.25, -0.2) is 0 Å². The van der Waals surface area contributed by atoms with Crippen molar-refractivity contribution in [2.45, 2.75) is 45.6 Å². The van der Waals surface area contributed by atoms with Crippen LogP contribution in [0.4, 0.5) is 5.69 Å². The van der Waals surface area contributed by atoms with Crippen molar-refractivity contribution in [1.82, 2.24) is 4.90 Å². The molecule has 2 N–H and O–H groups in total. The van der Waals surface area contributed by atoms with E-state index >= 15 is 0 Å². The molecule has 1 saturated heterocycles. The molecular weight excluding hydrogens is 308 g/mol. The molecule has 1 heterocycles. The highest BCUT2D eigenvalue weighted by atomic mass is 16.2. The molecule has 0 bridgehead atoms. The lowest BCUT2D eigenvalue weighted by atomic mass is 9.85. The fourth-order valence-corrected chi connectivity index (χ4v) is 3.89. The Morgan fingerprint density at radius 2 is 1.88 bits per heavy atom. The molecule has 2 unspecified atom stereocenters. The number of carbonyl (C=O) groups is 1. The number of likely N-dealkylation sites (tertiary alicyclic amines) is 1. The second kappa shape index (κ2) is 7.73. The number of hydrogen-bond donors (Lipinski definition) is 1. The van der Waals surface area contributed by atoms with Crippen molar-refractivity contribution in [2.24, 2.45) is 5.92 Å². The molecular formula is C22H28N2O. The van der Waals surface area contributed by atoms with Crippen LogP contribution in [0.15, 0.2) is 48.5 Å². The largest absolute Gasteiger partial charge is 0.399 e. The smallest absolute Gasteiger partial charge is 0.223 e. The van der Waals surface area contributed by atoms with Crippen LogP contribution in [-0.2, 0) is 11.2 Å². The SMILES string of the molecule is Cc1ccc(C2C(C)CCCN2C(=O)CCc2ccccc2N)cc1. The highest BCUT2D eigenvalue weighted by molar-refractivity contribution is 5.77. The molecule has 3 heteroatoms. The van der Waals surface area contributed by atoms with Gasteiger partial charge in [-0.3, -0.25) is 4.79 Å². The Balaban J connectivity index is 1.74. The van der Waals surface area contributed by atoms with Gasteiger partial charge < -0.3 is 10.6 Å². The predicted octanol–water partition coefficient (Wildman–Crippen LogP) is 4.51. The van der Waals surface area contributed by atoms with Crippen LogP contribution in [0.3, 0.4) is 0 Å². The monoisotopic (exact) mass is 336 g/mol. The zero-order valence-corrected chi connectivity index (χ0v) is 15.2. The van der Waals surface area contributed by atoms with Gasteiger partial charge in [0.1, 0.15) is 0 Å². The maximum absolute atomic E-state index is 13.0. The van der Waals surface area contributed by atoms with E-state index in [1.807, 2.05) is 24.3 Å². The number of piperidine rings is 1. The molecule has 3 nitrogen and oxygen atoms in total. The standard InChI is InChI=1S/C22H28N2O/c1-16-9-11-19(12-10-16)22-17(2)6-5-15-24(22)21(25)14-13-18-7-3-4-8-20(18)23/h3-4,7-12,17,22H,5-6,13-15,23H2,1-2H3. The third-order valence-corrected chi connectivity index (χ3v) is 5.34. The van der Waals surface area contributed by atoms with E-state index in [0.717, 1.165) is 24.2 Å². The van der Waals surface area contributed by atoms with Crippen LogP contribution in [0.1, 0.15) is 48.9 Å². The van der Waals surface area contributed by atoms with E-state index in [0.29, 0.717) is 18.8 Å². The van der Waals surface area contributed by atoms with Crippen molar-refractivity contribution in [3.8, 4) is 0 Å². The van der Waals surface area contributed by atoms with E-state index in [4.69, 9.17) is 5.73 Å². The summed E-state index contributed by atoms with van der Waals surface area (Å²) >= 11 is 0. The third-order valence-electron chi connectivity index (χ3n) is 5.34. The van der Waals surface area contributed by atoms with Crippen molar-refractivity contribution in [3.05, 3.63) is 65.2 Å². The maximum Gasteiger partial charge on any atom is 0.223 e. The zero-order chi connectivity index (χ0) is 17.8. The molecule has 1 fully saturated rings. The summed E-state index contributed by atoms with van der Waals surface area (Å²) < 4.78 is 0. The average molecular weight is 336 g/mol. The molecule has 0 saturated carbocycles. The summed E-state index contributed by atoms with van der Waals surface area (Å²) in [7, 11) is 0. The number of rotatable bonds is 4. The Kier molecular flexibility index (Phi) is 5.42. The number of nitrogen functional groups attached to an aromatic ring is 1. The second-order valence-electron chi connectivity index (χ2n) is 7.26. The normalized spacial score (nSPS) is 20.5. The molecule has 2 aromatic rings. The minimum absolute atomic E-state index is 0.190. The first-order valence-electron chi connectivity index (χ1n) is 9.25. The van der Waals surface area contributed by atoms with Gasteiger partial charge in [-0.1, -0.05) is 55.0 Å². The zero-order valence-electron chi connectivity index (χ0n) is 15.2. The summed E-state index contributed by atoms with van der Waals surface area (Å²) in [5, 5.41) is 0. The fraction of sp³-hybridized carbons (Fsp3) is 0.409. The molecule has 2 aromatic carbocycles. The average Bonchev–Trinajstić information content (AvgIpc) is 2.61. The van der Waals surface area contributed by atoms with Crippen molar-refractivity contribution in [2.75, 3.05) is 12.3 Å². The van der Waals surface area contributed by atoms with Gasteiger partial charge in [0.15, 0.2) is 0 Å². The first-order valence-corrected chi connectivity index (χ1v) is 9.25. The number of amides is 1. The molecule has 1 aliphatic heterocycles. The number of aryl methyl sites for hydroxylation is 2. The first kappa shape index (κ1) is 17.5. The lowest BCUT2D eigenvalue weighted by Crippen LogP contribution is -2.42. The number of nitrogens with two attached hydrogens (primary N) is 1. The maximum atomic E-state index is 13.0. The number of carbonyl (C=O) groups excluding carboxylic acids is 1. The van der Waals surface area contributed by atoms with Crippen LogP contribution in [0.25, 0.3) is 0 Å². The molecule has 132 valence electrons. The molecule has 1 amide bonds.